The molecule has 2 aromatic rings. The molecule has 0 atom stereocenters. The first-order valence-electron chi connectivity index (χ1n) is 8.87. The second-order valence-corrected chi connectivity index (χ2v) is 5.75. The molecule has 0 spiro atoms. The number of aromatic nitrogens is 1. The highest BCUT2D eigenvalue weighted by Crippen LogP contribution is 2.14. The normalized spacial score (nSPS) is 10.4. The van der Waals surface area contributed by atoms with Crippen LogP contribution in [0.15, 0.2) is 42.6 Å². The lowest BCUT2D eigenvalue weighted by molar-refractivity contribution is 0.0950. The third-order valence-corrected chi connectivity index (χ3v) is 4.01. The van der Waals surface area contributed by atoms with Gasteiger partial charge in [0.15, 0.2) is 0 Å². The third-order valence-electron chi connectivity index (χ3n) is 4.01. The number of pyridine rings is 1. The molecule has 1 aromatic heterocycles. The minimum Gasteiger partial charge on any atom is -0.491 e. The third kappa shape index (κ3) is 5.74. The van der Waals surface area contributed by atoms with E-state index in [-0.39, 0.29) is 5.91 Å². The van der Waals surface area contributed by atoms with Crippen LogP contribution in [0.1, 0.15) is 29.8 Å². The molecule has 1 heterocycles. The van der Waals surface area contributed by atoms with E-state index in [1.807, 2.05) is 30.3 Å². The van der Waals surface area contributed by atoms with Gasteiger partial charge in [0.1, 0.15) is 18.2 Å². The van der Waals surface area contributed by atoms with Gasteiger partial charge in [-0.2, -0.15) is 0 Å². The lowest BCUT2D eigenvalue weighted by Gasteiger charge is -2.19. The average Bonchev–Trinajstić information content (AvgIpc) is 2.68. The molecule has 1 aromatic carbocycles. The van der Waals surface area contributed by atoms with Gasteiger partial charge in [-0.05, 0) is 43.7 Å². The van der Waals surface area contributed by atoms with Crippen LogP contribution in [0.25, 0.3) is 0 Å². The van der Waals surface area contributed by atoms with Crippen molar-refractivity contribution in [3.05, 3.63) is 53.7 Å². The Hall–Kier alpha value is -2.60. The SMILES string of the molecule is CCN(CC)c1ccc(C(=O)NCc2cccc(OCCOC)c2)cn1. The minimum absolute atomic E-state index is 0.144. The average molecular weight is 357 g/mol. The molecule has 2 rings (SSSR count). The molecule has 1 N–H and O–H groups in total. The zero-order valence-electron chi connectivity index (χ0n) is 15.7. The van der Waals surface area contributed by atoms with Gasteiger partial charge in [-0.1, -0.05) is 12.1 Å². The van der Waals surface area contributed by atoms with E-state index < -0.39 is 0 Å². The molecule has 0 radical (unpaired) electrons. The standard InChI is InChI=1S/C20H27N3O3/c1-4-23(5-2)19-10-9-17(15-21-19)20(24)22-14-16-7-6-8-18(13-16)26-12-11-25-3/h6-10,13,15H,4-5,11-12,14H2,1-3H3,(H,22,24). The van der Waals surface area contributed by atoms with Crippen LogP contribution < -0.4 is 15.0 Å². The van der Waals surface area contributed by atoms with E-state index in [2.05, 4.69) is 29.0 Å². The number of rotatable bonds is 10. The first-order chi connectivity index (χ1) is 12.7. The molecule has 1 amide bonds. The molecule has 140 valence electrons. The largest absolute Gasteiger partial charge is 0.491 e. The van der Waals surface area contributed by atoms with Gasteiger partial charge in [-0.15, -0.1) is 0 Å². The summed E-state index contributed by atoms with van der Waals surface area (Å²) in [4.78, 5) is 18.8. The van der Waals surface area contributed by atoms with Crippen LogP contribution in [-0.4, -0.2) is 44.3 Å². The van der Waals surface area contributed by atoms with E-state index >= 15 is 0 Å². The molecule has 0 fully saturated rings. The number of benzene rings is 1. The molecule has 0 saturated carbocycles. The van der Waals surface area contributed by atoms with Gasteiger partial charge in [-0.25, -0.2) is 4.98 Å². The van der Waals surface area contributed by atoms with Crippen molar-refractivity contribution in [2.75, 3.05) is 38.3 Å². The summed E-state index contributed by atoms with van der Waals surface area (Å²) in [5.74, 6) is 1.50. The number of nitrogens with one attached hydrogen (secondary N) is 1. The zero-order valence-corrected chi connectivity index (χ0v) is 15.7. The maximum Gasteiger partial charge on any atom is 0.253 e. The van der Waals surface area contributed by atoms with Gasteiger partial charge in [0.05, 0.1) is 12.2 Å². The van der Waals surface area contributed by atoms with Crippen molar-refractivity contribution in [3.63, 3.8) is 0 Å². The van der Waals surface area contributed by atoms with Gasteiger partial charge in [0.2, 0.25) is 0 Å². The van der Waals surface area contributed by atoms with E-state index in [0.717, 1.165) is 30.2 Å². The number of nitrogens with zero attached hydrogens (tertiary/aromatic N) is 2. The van der Waals surface area contributed by atoms with Gasteiger partial charge < -0.3 is 19.7 Å². The molecular formula is C20H27N3O3. The van der Waals surface area contributed by atoms with Crippen molar-refractivity contribution in [2.45, 2.75) is 20.4 Å². The van der Waals surface area contributed by atoms with E-state index in [1.165, 1.54) is 0 Å². The van der Waals surface area contributed by atoms with Crippen LogP contribution in [0.4, 0.5) is 5.82 Å². The highest BCUT2D eigenvalue weighted by atomic mass is 16.5. The number of ether oxygens (including phenoxy) is 2. The predicted molar refractivity (Wildman–Crippen MR) is 103 cm³/mol. The minimum atomic E-state index is -0.144. The second-order valence-electron chi connectivity index (χ2n) is 5.75. The summed E-state index contributed by atoms with van der Waals surface area (Å²) in [5, 5.41) is 2.91. The number of carbonyl (C=O) groups is 1. The quantitative estimate of drug-likeness (QED) is 0.663. The Kier molecular flexibility index (Phi) is 7.89. The number of carbonyl (C=O) groups excluding carboxylic acids is 1. The van der Waals surface area contributed by atoms with Crippen LogP contribution >= 0.6 is 0 Å². The highest BCUT2D eigenvalue weighted by molar-refractivity contribution is 5.94. The van der Waals surface area contributed by atoms with Crippen molar-refractivity contribution in [1.29, 1.82) is 0 Å². The Labute approximate surface area is 155 Å². The Bertz CT molecular complexity index is 685. The lowest BCUT2D eigenvalue weighted by atomic mass is 10.2. The predicted octanol–water partition coefficient (Wildman–Crippen LogP) is 2.88. The van der Waals surface area contributed by atoms with E-state index in [4.69, 9.17) is 9.47 Å². The van der Waals surface area contributed by atoms with E-state index in [1.54, 1.807) is 19.4 Å². The van der Waals surface area contributed by atoms with Crippen molar-refractivity contribution >= 4 is 11.7 Å². The van der Waals surface area contributed by atoms with Crippen molar-refractivity contribution in [3.8, 4) is 5.75 Å². The van der Waals surface area contributed by atoms with Gasteiger partial charge in [0.25, 0.3) is 5.91 Å². The zero-order chi connectivity index (χ0) is 18.8. The monoisotopic (exact) mass is 357 g/mol. The lowest BCUT2D eigenvalue weighted by Crippen LogP contribution is -2.25. The summed E-state index contributed by atoms with van der Waals surface area (Å²) in [6.07, 6.45) is 1.62. The van der Waals surface area contributed by atoms with Crippen LogP contribution in [-0.2, 0) is 11.3 Å². The molecule has 0 aliphatic rings. The fraction of sp³-hybridized carbons (Fsp3) is 0.400. The molecule has 0 bridgehead atoms. The summed E-state index contributed by atoms with van der Waals surface area (Å²) in [6, 6.07) is 11.3. The van der Waals surface area contributed by atoms with Crippen LogP contribution in [0.3, 0.4) is 0 Å². The molecule has 0 aliphatic heterocycles. The summed E-state index contributed by atoms with van der Waals surface area (Å²) in [5.41, 5.74) is 1.52. The van der Waals surface area contributed by atoms with Gasteiger partial charge >= 0.3 is 0 Å². The van der Waals surface area contributed by atoms with Crippen LogP contribution in [0, 0.1) is 0 Å². The van der Waals surface area contributed by atoms with Crippen LogP contribution in [0.2, 0.25) is 0 Å². The Morgan fingerprint density at radius 1 is 1.15 bits per heavy atom. The number of methoxy groups -OCH3 is 1. The fourth-order valence-corrected chi connectivity index (χ4v) is 2.53. The van der Waals surface area contributed by atoms with Crippen LogP contribution in [0.5, 0.6) is 5.75 Å². The van der Waals surface area contributed by atoms with Crippen molar-refractivity contribution in [1.82, 2.24) is 10.3 Å². The fourth-order valence-electron chi connectivity index (χ4n) is 2.53. The molecule has 6 nitrogen and oxygen atoms in total. The number of anilines is 1. The maximum absolute atomic E-state index is 12.3. The molecule has 0 saturated heterocycles. The number of hydrogen-bond acceptors (Lipinski definition) is 5. The molecule has 0 unspecified atom stereocenters. The number of hydrogen-bond donors (Lipinski definition) is 1. The van der Waals surface area contributed by atoms with E-state index in [9.17, 15) is 4.79 Å². The smallest absolute Gasteiger partial charge is 0.253 e. The topological polar surface area (TPSA) is 63.7 Å². The molecular weight excluding hydrogens is 330 g/mol. The second kappa shape index (κ2) is 10.4. The van der Waals surface area contributed by atoms with E-state index in [0.29, 0.717) is 25.3 Å². The Balaban J connectivity index is 1.91. The van der Waals surface area contributed by atoms with Gasteiger partial charge in [-0.3, -0.25) is 4.79 Å². The summed E-state index contributed by atoms with van der Waals surface area (Å²) >= 11 is 0. The summed E-state index contributed by atoms with van der Waals surface area (Å²) in [7, 11) is 1.64. The number of amides is 1. The first-order valence-corrected chi connectivity index (χ1v) is 8.87. The molecule has 0 aliphatic carbocycles. The first kappa shape index (κ1) is 19.7. The maximum atomic E-state index is 12.3. The molecule has 26 heavy (non-hydrogen) atoms. The highest BCUT2D eigenvalue weighted by Gasteiger charge is 2.08. The van der Waals surface area contributed by atoms with Crippen molar-refractivity contribution in [2.24, 2.45) is 0 Å². The Morgan fingerprint density at radius 2 is 1.96 bits per heavy atom. The summed E-state index contributed by atoms with van der Waals surface area (Å²) < 4.78 is 10.6. The van der Waals surface area contributed by atoms with Gasteiger partial charge in [0, 0.05) is 32.9 Å². The molecule has 6 heteroatoms. The van der Waals surface area contributed by atoms with Crippen molar-refractivity contribution < 1.29 is 14.3 Å². The Morgan fingerprint density at radius 3 is 2.62 bits per heavy atom. The summed E-state index contributed by atoms with van der Waals surface area (Å²) in [6.45, 7) is 7.40.